The van der Waals surface area contributed by atoms with Gasteiger partial charge in [-0.3, -0.25) is 0 Å². The van der Waals surface area contributed by atoms with Crippen LogP contribution in [0.5, 0.6) is 0 Å². The van der Waals surface area contributed by atoms with Crippen molar-refractivity contribution in [1.29, 1.82) is 0 Å². The van der Waals surface area contributed by atoms with E-state index in [-0.39, 0.29) is 0 Å². The molecule has 6 saturated carbocycles. The highest BCUT2D eigenvalue weighted by atomic mass is 14.7. The summed E-state index contributed by atoms with van der Waals surface area (Å²) in [5.74, 6) is 22.1. The van der Waals surface area contributed by atoms with Gasteiger partial charge in [0, 0.05) is 0 Å². The van der Waals surface area contributed by atoms with Crippen molar-refractivity contribution in [3.05, 3.63) is 34.4 Å². The Bertz CT molecular complexity index is 1310. The summed E-state index contributed by atoms with van der Waals surface area (Å²) in [5, 5.41) is 0. The molecule has 9 aliphatic rings. The molecule has 0 radical (unpaired) electrons. The molecule has 0 aromatic rings. The number of rotatable bonds is 10. The van der Waals surface area contributed by atoms with Crippen molar-refractivity contribution in [2.24, 2.45) is 142 Å². The summed E-state index contributed by atoms with van der Waals surface area (Å²) in [7, 11) is 0. The molecule has 0 amide bonds. The predicted molar refractivity (Wildman–Crippen MR) is 212 cm³/mol. The molecular formula is C50H78. The zero-order valence-corrected chi connectivity index (χ0v) is 34.7. The first-order chi connectivity index (χ1) is 23.8. The minimum Gasteiger partial charge on any atom is -0.0813 e. The lowest BCUT2D eigenvalue weighted by molar-refractivity contribution is 0.192. The second kappa shape index (κ2) is 12.4. The minimum atomic E-state index is 0.838. The maximum Gasteiger partial charge on any atom is -0.00997 e. The molecule has 6 bridgehead atoms. The van der Waals surface area contributed by atoms with Gasteiger partial charge in [0.1, 0.15) is 0 Å². The maximum absolute atomic E-state index is 2.95. The summed E-state index contributed by atoms with van der Waals surface area (Å²) in [6.45, 7) is 30.8. The molecule has 6 fully saturated rings. The van der Waals surface area contributed by atoms with Crippen molar-refractivity contribution in [2.45, 2.75) is 134 Å². The van der Waals surface area contributed by atoms with Gasteiger partial charge in [-0.1, -0.05) is 118 Å². The Kier molecular flexibility index (Phi) is 8.65. The monoisotopic (exact) mass is 679 g/mol. The van der Waals surface area contributed by atoms with Gasteiger partial charge in [-0.05, 0) is 193 Å². The maximum atomic E-state index is 2.95. The molecule has 0 N–H and O–H groups in total. The van der Waals surface area contributed by atoms with E-state index in [0.29, 0.717) is 0 Å². The van der Waals surface area contributed by atoms with Gasteiger partial charge < -0.3 is 0 Å². The van der Waals surface area contributed by atoms with E-state index >= 15 is 0 Å². The largest absolute Gasteiger partial charge is 0.0813 e. The van der Waals surface area contributed by atoms with Crippen molar-refractivity contribution in [3.63, 3.8) is 0 Å². The normalized spacial score (nSPS) is 49.7. The third-order valence-electron chi connectivity index (χ3n) is 19.4. The minimum absolute atomic E-state index is 0.838. The molecule has 0 aromatic heterocycles. The van der Waals surface area contributed by atoms with Crippen LogP contribution in [-0.4, -0.2) is 0 Å². The SMILES string of the molecule is CC(C)C1CC(C(C)C)C2C3CC(C=C3CC3=C(CC4=CC5CC4C4C(C(C)C)CC(C(C)C)C54)C4CC3C3C(C(C)C)CC(C(C)C)C43)C12. The Hall–Kier alpha value is -0.780. The molecule has 0 aromatic carbocycles. The lowest BCUT2D eigenvalue weighted by Crippen LogP contribution is -2.32. The lowest BCUT2D eigenvalue weighted by atomic mass is 9.65. The Morgan fingerprint density at radius 1 is 0.360 bits per heavy atom. The summed E-state index contributed by atoms with van der Waals surface area (Å²) in [4.78, 5) is 0. The van der Waals surface area contributed by atoms with Crippen LogP contribution in [0.3, 0.4) is 0 Å². The van der Waals surface area contributed by atoms with Gasteiger partial charge in [-0.2, -0.15) is 0 Å². The second-order valence-electron chi connectivity index (χ2n) is 23.0. The van der Waals surface area contributed by atoms with E-state index in [1.54, 1.807) is 0 Å². The average Bonchev–Trinajstić information content (AvgIpc) is 3.88. The summed E-state index contributed by atoms with van der Waals surface area (Å²) in [6, 6.07) is 0. The second-order valence-corrected chi connectivity index (χ2v) is 23.0. The van der Waals surface area contributed by atoms with Crippen LogP contribution >= 0.6 is 0 Å². The van der Waals surface area contributed by atoms with Crippen LogP contribution < -0.4 is 0 Å². The molecule has 18 unspecified atom stereocenters. The number of fused-ring (bicyclic) bond motifs is 15. The van der Waals surface area contributed by atoms with Crippen LogP contribution in [0.25, 0.3) is 0 Å². The third kappa shape index (κ3) is 4.92. The van der Waals surface area contributed by atoms with Gasteiger partial charge in [-0.25, -0.2) is 0 Å². The molecule has 0 nitrogen and oxygen atoms in total. The molecule has 0 aliphatic heterocycles. The van der Waals surface area contributed by atoms with Crippen LogP contribution in [-0.2, 0) is 0 Å². The molecular weight excluding hydrogens is 601 g/mol. The number of hydrogen-bond donors (Lipinski definition) is 0. The Morgan fingerprint density at radius 2 is 0.640 bits per heavy atom. The molecule has 0 heteroatoms. The molecule has 0 heterocycles. The standard InChI is InChI=1S/C50H78/c1-23(2)33-19-35(25(5)6)47-39-17-31(45(33)47)13-29(39)15-41-42(44-22-43(41)49-37(27(9)10)21-38(28(11)12)50(44)49)16-30-14-32-18-40(30)48-36(26(7)8)20-34(24(3)4)46(32)48/h13-14,23-28,31-40,43-50H,15-22H2,1-12H3. The van der Waals surface area contributed by atoms with Crippen molar-refractivity contribution in [3.8, 4) is 0 Å². The molecule has 9 rings (SSSR count). The Balaban J connectivity index is 1.07. The first-order valence-corrected chi connectivity index (χ1v) is 22.9. The summed E-state index contributed by atoms with van der Waals surface area (Å²) >= 11 is 0. The van der Waals surface area contributed by atoms with Crippen LogP contribution in [0.15, 0.2) is 34.4 Å². The van der Waals surface area contributed by atoms with Gasteiger partial charge in [0.25, 0.3) is 0 Å². The van der Waals surface area contributed by atoms with Crippen molar-refractivity contribution in [2.75, 3.05) is 0 Å². The van der Waals surface area contributed by atoms with E-state index in [1.165, 1.54) is 51.4 Å². The van der Waals surface area contributed by atoms with E-state index < -0.39 is 0 Å². The Morgan fingerprint density at radius 3 is 0.940 bits per heavy atom. The molecule has 18 atom stereocenters. The fourth-order valence-electron chi connectivity index (χ4n) is 17.7. The molecule has 278 valence electrons. The fourth-order valence-corrected chi connectivity index (χ4v) is 17.7. The van der Waals surface area contributed by atoms with Gasteiger partial charge in [0.05, 0.1) is 0 Å². The van der Waals surface area contributed by atoms with Crippen LogP contribution in [0.2, 0.25) is 0 Å². The van der Waals surface area contributed by atoms with E-state index in [9.17, 15) is 0 Å². The predicted octanol–water partition coefficient (Wildman–Crippen LogP) is 13.4. The Labute approximate surface area is 310 Å². The van der Waals surface area contributed by atoms with Crippen LogP contribution in [0, 0.1) is 142 Å². The van der Waals surface area contributed by atoms with Crippen molar-refractivity contribution >= 4 is 0 Å². The molecule has 9 aliphatic carbocycles. The molecule has 50 heavy (non-hydrogen) atoms. The zero-order chi connectivity index (χ0) is 35.2. The smallest absolute Gasteiger partial charge is 0.00997 e. The molecule has 0 saturated heterocycles. The van der Waals surface area contributed by atoms with E-state index in [1.807, 2.05) is 22.3 Å². The summed E-state index contributed by atoms with van der Waals surface area (Å²) in [5.41, 5.74) is 8.02. The topological polar surface area (TPSA) is 0 Å². The average molecular weight is 679 g/mol. The van der Waals surface area contributed by atoms with Crippen molar-refractivity contribution < 1.29 is 0 Å². The molecule has 0 spiro atoms. The van der Waals surface area contributed by atoms with E-state index in [4.69, 9.17) is 0 Å². The van der Waals surface area contributed by atoms with Crippen LogP contribution in [0.4, 0.5) is 0 Å². The summed E-state index contributed by atoms with van der Waals surface area (Å²) < 4.78 is 0. The highest BCUT2D eigenvalue weighted by molar-refractivity contribution is 5.43. The third-order valence-corrected chi connectivity index (χ3v) is 19.4. The first kappa shape index (κ1) is 35.0. The van der Waals surface area contributed by atoms with E-state index in [0.717, 1.165) is 142 Å². The number of hydrogen-bond acceptors (Lipinski definition) is 0. The van der Waals surface area contributed by atoms with Gasteiger partial charge in [-0.15, -0.1) is 0 Å². The highest BCUT2D eigenvalue weighted by Gasteiger charge is 2.64. The lowest BCUT2D eigenvalue weighted by Gasteiger charge is -2.39. The fraction of sp³-hybridized carbons (Fsp3) is 0.880. The van der Waals surface area contributed by atoms with Crippen LogP contribution in [0.1, 0.15) is 134 Å². The van der Waals surface area contributed by atoms with E-state index in [2.05, 4.69) is 95.2 Å². The number of allylic oxidation sites excluding steroid dienone is 6. The van der Waals surface area contributed by atoms with Gasteiger partial charge in [0.15, 0.2) is 0 Å². The highest BCUT2D eigenvalue weighted by Crippen LogP contribution is 2.72. The summed E-state index contributed by atoms with van der Waals surface area (Å²) in [6.07, 6.45) is 17.8. The first-order valence-electron chi connectivity index (χ1n) is 22.9. The van der Waals surface area contributed by atoms with Crippen molar-refractivity contribution in [1.82, 2.24) is 0 Å². The zero-order valence-electron chi connectivity index (χ0n) is 34.7. The quantitative estimate of drug-likeness (QED) is 0.202. The van der Waals surface area contributed by atoms with Gasteiger partial charge in [0.2, 0.25) is 0 Å². The van der Waals surface area contributed by atoms with Gasteiger partial charge >= 0.3 is 0 Å².